The second-order valence-electron chi connectivity index (χ2n) is 10.8. The Labute approximate surface area is 241 Å². The van der Waals surface area contributed by atoms with E-state index in [0.29, 0.717) is 37.7 Å². The van der Waals surface area contributed by atoms with Crippen LogP contribution in [0.15, 0.2) is 36.4 Å². The topological polar surface area (TPSA) is 117 Å². The minimum Gasteiger partial charge on any atom is -0.496 e. The fourth-order valence-electron chi connectivity index (χ4n) is 5.70. The number of amides is 3. The lowest BCUT2D eigenvalue weighted by Gasteiger charge is -2.35. The number of benzene rings is 2. The van der Waals surface area contributed by atoms with E-state index in [1.807, 2.05) is 12.1 Å². The molecule has 4 N–H and O–H groups in total. The van der Waals surface area contributed by atoms with Crippen molar-refractivity contribution >= 4 is 23.4 Å². The van der Waals surface area contributed by atoms with Crippen LogP contribution in [0.3, 0.4) is 0 Å². The highest BCUT2D eigenvalue weighted by Gasteiger charge is 2.27. The van der Waals surface area contributed by atoms with Crippen molar-refractivity contribution in [2.24, 2.45) is 5.73 Å². The van der Waals surface area contributed by atoms with Gasteiger partial charge in [0.05, 0.1) is 13.7 Å². The summed E-state index contributed by atoms with van der Waals surface area (Å²) in [6, 6.07) is 9.36. The van der Waals surface area contributed by atoms with Crippen LogP contribution >= 0.6 is 0 Å². The molecule has 1 aliphatic carbocycles. The summed E-state index contributed by atoms with van der Waals surface area (Å²) >= 11 is 0. The molecule has 2 aromatic carbocycles. The molecule has 222 valence electrons. The summed E-state index contributed by atoms with van der Waals surface area (Å²) in [6.45, 7) is 3.67. The molecule has 2 heterocycles. The molecule has 3 fully saturated rings. The second kappa shape index (κ2) is 14.9. The summed E-state index contributed by atoms with van der Waals surface area (Å²) in [5, 5.41) is 5.69. The predicted molar refractivity (Wildman–Crippen MR) is 157 cm³/mol. The number of rotatable bonds is 6. The van der Waals surface area contributed by atoms with Crippen molar-refractivity contribution in [1.82, 2.24) is 15.1 Å². The SMILES string of the molecule is C1CCNC1.COc1ccc(C(=O)N2CCN(C(=O)c3cc(F)cc(NC(=O)CN)c3)CC2)cc1C1CCCCC1. The number of carbonyl (C=O) groups excluding carboxylic acids is 3. The van der Waals surface area contributed by atoms with Gasteiger partial charge in [0.2, 0.25) is 5.91 Å². The van der Waals surface area contributed by atoms with Gasteiger partial charge < -0.3 is 30.9 Å². The number of methoxy groups -OCH3 is 1. The highest BCUT2D eigenvalue weighted by molar-refractivity contribution is 5.98. The van der Waals surface area contributed by atoms with E-state index in [9.17, 15) is 18.8 Å². The lowest BCUT2D eigenvalue weighted by molar-refractivity contribution is -0.114. The van der Waals surface area contributed by atoms with E-state index >= 15 is 0 Å². The van der Waals surface area contributed by atoms with Crippen LogP contribution < -0.4 is 21.1 Å². The van der Waals surface area contributed by atoms with E-state index in [1.165, 1.54) is 51.3 Å². The number of nitrogens with zero attached hydrogens (tertiary/aromatic N) is 2. The monoisotopic (exact) mass is 567 g/mol. The third-order valence-electron chi connectivity index (χ3n) is 7.95. The summed E-state index contributed by atoms with van der Waals surface area (Å²) in [7, 11) is 1.66. The fourth-order valence-corrected chi connectivity index (χ4v) is 5.70. The van der Waals surface area contributed by atoms with Crippen LogP contribution in [0.25, 0.3) is 0 Å². The summed E-state index contributed by atoms with van der Waals surface area (Å²) < 4.78 is 19.7. The number of hydrogen-bond acceptors (Lipinski definition) is 6. The first-order valence-electron chi connectivity index (χ1n) is 14.7. The first-order chi connectivity index (χ1) is 19.9. The summed E-state index contributed by atoms with van der Waals surface area (Å²) in [6.07, 6.45) is 8.61. The average Bonchev–Trinajstić information content (AvgIpc) is 3.61. The molecule has 2 aliphatic heterocycles. The Morgan fingerprint density at radius 3 is 2.10 bits per heavy atom. The molecule has 0 atom stereocenters. The van der Waals surface area contributed by atoms with Crippen molar-refractivity contribution in [3.8, 4) is 5.75 Å². The lowest BCUT2D eigenvalue weighted by atomic mass is 9.83. The first kappa shape index (κ1) is 30.5. The Morgan fingerprint density at radius 1 is 0.902 bits per heavy atom. The van der Waals surface area contributed by atoms with Gasteiger partial charge in [-0.1, -0.05) is 19.3 Å². The predicted octanol–water partition coefficient (Wildman–Crippen LogP) is 3.75. The Bertz CT molecular complexity index is 1200. The van der Waals surface area contributed by atoms with E-state index in [1.54, 1.807) is 23.0 Å². The van der Waals surface area contributed by atoms with Crippen molar-refractivity contribution in [3.05, 3.63) is 58.9 Å². The number of piperazine rings is 1. The third kappa shape index (κ3) is 8.27. The van der Waals surface area contributed by atoms with Gasteiger partial charge in [0.1, 0.15) is 11.6 Å². The molecular weight excluding hydrogens is 525 g/mol. The van der Waals surface area contributed by atoms with E-state index < -0.39 is 11.7 Å². The third-order valence-corrected chi connectivity index (χ3v) is 7.95. The lowest BCUT2D eigenvalue weighted by Crippen LogP contribution is -2.50. The number of anilines is 1. The second-order valence-corrected chi connectivity index (χ2v) is 10.8. The number of nitrogens with two attached hydrogens (primary N) is 1. The Balaban J connectivity index is 0.000000699. The van der Waals surface area contributed by atoms with Crippen LogP contribution in [0.5, 0.6) is 5.75 Å². The molecule has 1 saturated carbocycles. The van der Waals surface area contributed by atoms with Crippen molar-refractivity contribution in [3.63, 3.8) is 0 Å². The largest absolute Gasteiger partial charge is 0.496 e. The van der Waals surface area contributed by atoms with Crippen molar-refractivity contribution in [2.45, 2.75) is 50.9 Å². The van der Waals surface area contributed by atoms with Crippen LogP contribution in [0.4, 0.5) is 10.1 Å². The highest BCUT2D eigenvalue weighted by atomic mass is 19.1. The molecule has 0 aromatic heterocycles. The van der Waals surface area contributed by atoms with Gasteiger partial charge >= 0.3 is 0 Å². The molecule has 0 spiro atoms. The smallest absolute Gasteiger partial charge is 0.254 e. The molecule has 9 nitrogen and oxygen atoms in total. The molecular formula is C31H42FN5O4. The van der Waals surface area contributed by atoms with Crippen LogP contribution in [0.1, 0.15) is 77.1 Å². The van der Waals surface area contributed by atoms with E-state index in [0.717, 1.165) is 36.3 Å². The summed E-state index contributed by atoms with van der Waals surface area (Å²) in [5.41, 5.74) is 7.33. The number of hydrogen-bond donors (Lipinski definition) is 3. The standard InChI is InChI=1S/C27H33FN4O4.C4H9N/c1-36-24-8-7-19(15-23(24)18-5-3-2-4-6-18)26(34)31-9-11-32(12-10-31)27(35)20-13-21(28)16-22(14-20)30-25(33)17-29;1-2-4-5-3-1/h7-8,13-16,18H,2-6,9-12,17,29H2,1H3,(H,30,33);5H,1-4H2. The van der Waals surface area contributed by atoms with Crippen molar-refractivity contribution < 1.29 is 23.5 Å². The molecule has 3 amide bonds. The van der Waals surface area contributed by atoms with Gasteiger partial charge in [-0.3, -0.25) is 14.4 Å². The first-order valence-corrected chi connectivity index (χ1v) is 14.7. The van der Waals surface area contributed by atoms with E-state index in [4.69, 9.17) is 10.5 Å². The number of ether oxygens (including phenoxy) is 1. The Kier molecular flexibility index (Phi) is 11.1. The number of nitrogens with one attached hydrogen (secondary N) is 2. The van der Waals surface area contributed by atoms with Crippen LogP contribution in [-0.4, -0.2) is 80.4 Å². The molecule has 0 radical (unpaired) electrons. The van der Waals surface area contributed by atoms with Gasteiger partial charge in [0.25, 0.3) is 11.8 Å². The highest BCUT2D eigenvalue weighted by Crippen LogP contribution is 2.38. The number of halogens is 1. The normalized spacial score (nSPS) is 17.4. The molecule has 41 heavy (non-hydrogen) atoms. The minimum atomic E-state index is -0.629. The zero-order chi connectivity index (χ0) is 29.2. The quantitative estimate of drug-likeness (QED) is 0.490. The van der Waals surface area contributed by atoms with Crippen molar-refractivity contribution in [1.29, 1.82) is 0 Å². The molecule has 10 heteroatoms. The minimum absolute atomic E-state index is 0.0700. The van der Waals surface area contributed by atoms with Crippen LogP contribution in [0, 0.1) is 5.82 Å². The molecule has 0 bridgehead atoms. The van der Waals surface area contributed by atoms with Gasteiger partial charge in [-0.25, -0.2) is 4.39 Å². The van der Waals surface area contributed by atoms with Gasteiger partial charge in [0, 0.05) is 43.0 Å². The molecule has 5 rings (SSSR count). The maximum absolute atomic E-state index is 14.1. The summed E-state index contributed by atoms with van der Waals surface area (Å²) in [4.78, 5) is 41.2. The van der Waals surface area contributed by atoms with E-state index in [-0.39, 0.29) is 29.6 Å². The van der Waals surface area contributed by atoms with Gasteiger partial charge in [-0.05, 0) is 86.7 Å². The number of carbonyl (C=O) groups is 3. The zero-order valence-corrected chi connectivity index (χ0v) is 23.9. The molecule has 3 aliphatic rings. The molecule has 0 unspecified atom stereocenters. The zero-order valence-electron chi connectivity index (χ0n) is 23.9. The van der Waals surface area contributed by atoms with E-state index in [2.05, 4.69) is 10.6 Å². The summed E-state index contributed by atoms with van der Waals surface area (Å²) in [5.74, 6) is -0.299. The molecule has 2 saturated heterocycles. The average molecular weight is 568 g/mol. The Morgan fingerprint density at radius 2 is 1.54 bits per heavy atom. The van der Waals surface area contributed by atoms with Crippen LogP contribution in [-0.2, 0) is 4.79 Å². The van der Waals surface area contributed by atoms with Crippen molar-refractivity contribution in [2.75, 3.05) is 58.2 Å². The maximum Gasteiger partial charge on any atom is 0.254 e. The maximum atomic E-state index is 14.1. The molecule has 2 aromatic rings. The Hall–Kier alpha value is -3.50. The van der Waals surface area contributed by atoms with Gasteiger partial charge in [-0.15, -0.1) is 0 Å². The van der Waals surface area contributed by atoms with Gasteiger partial charge in [-0.2, -0.15) is 0 Å². The van der Waals surface area contributed by atoms with Crippen LogP contribution in [0.2, 0.25) is 0 Å². The fraction of sp³-hybridized carbons (Fsp3) is 0.516. The van der Waals surface area contributed by atoms with Gasteiger partial charge in [0.15, 0.2) is 0 Å².